The number of halogens is 1. The molecule has 1 amide bonds. The van der Waals surface area contributed by atoms with Gasteiger partial charge in [-0.3, -0.25) is 14.7 Å². The Morgan fingerprint density at radius 3 is 2.70 bits per heavy atom. The minimum Gasteiger partial charge on any atom is -0.396 e. The standard InChI is InChI=1S/C21H20FN5O2S/c22-19-15(3-4-17(25-19)26-8-5-13(12-28)6-9-26)20-24-16-11-27(21(29)18(16)30-20)14-2-1-7-23-10-14/h1-4,7,10,13,28H,5-6,8-9,11-12H2. The van der Waals surface area contributed by atoms with Crippen LogP contribution in [0.3, 0.4) is 0 Å². The first kappa shape index (κ1) is 19.1. The second kappa shape index (κ2) is 7.73. The number of aliphatic hydroxyl groups excluding tert-OH is 1. The first-order valence-electron chi connectivity index (χ1n) is 9.88. The van der Waals surface area contributed by atoms with E-state index in [2.05, 4.69) is 15.0 Å². The molecule has 1 saturated heterocycles. The fourth-order valence-corrected chi connectivity index (χ4v) is 4.95. The van der Waals surface area contributed by atoms with Crippen molar-refractivity contribution < 1.29 is 14.3 Å². The summed E-state index contributed by atoms with van der Waals surface area (Å²) < 4.78 is 14.8. The fraction of sp³-hybridized carbons (Fsp3) is 0.333. The number of hydrogen-bond acceptors (Lipinski definition) is 7. The molecule has 7 nitrogen and oxygen atoms in total. The van der Waals surface area contributed by atoms with Crippen LogP contribution in [-0.2, 0) is 6.54 Å². The lowest BCUT2D eigenvalue weighted by atomic mass is 9.98. The van der Waals surface area contributed by atoms with Crippen LogP contribution in [-0.4, -0.2) is 45.7 Å². The summed E-state index contributed by atoms with van der Waals surface area (Å²) in [6.07, 6.45) is 5.04. The van der Waals surface area contributed by atoms with E-state index in [-0.39, 0.29) is 12.5 Å². The molecule has 2 aliphatic rings. The van der Waals surface area contributed by atoms with Gasteiger partial charge in [-0.05, 0) is 43.0 Å². The minimum atomic E-state index is -0.583. The molecule has 154 valence electrons. The van der Waals surface area contributed by atoms with E-state index in [4.69, 9.17) is 0 Å². The topological polar surface area (TPSA) is 82.5 Å². The van der Waals surface area contributed by atoms with E-state index < -0.39 is 5.95 Å². The number of carbonyl (C=O) groups is 1. The SMILES string of the molecule is O=C1c2sc(-c3ccc(N4CCC(CO)CC4)nc3F)nc2CN1c1cccnc1. The Bertz CT molecular complexity index is 1080. The number of aliphatic hydroxyl groups is 1. The molecule has 0 saturated carbocycles. The van der Waals surface area contributed by atoms with Crippen LogP contribution in [0, 0.1) is 11.9 Å². The van der Waals surface area contributed by atoms with Crippen LogP contribution in [0.1, 0.15) is 28.2 Å². The van der Waals surface area contributed by atoms with E-state index in [1.807, 2.05) is 11.0 Å². The molecule has 0 unspecified atom stereocenters. The lowest BCUT2D eigenvalue weighted by Crippen LogP contribution is -2.35. The second-order valence-corrected chi connectivity index (χ2v) is 8.52. The van der Waals surface area contributed by atoms with Gasteiger partial charge in [0.2, 0.25) is 5.95 Å². The van der Waals surface area contributed by atoms with Gasteiger partial charge >= 0.3 is 0 Å². The van der Waals surface area contributed by atoms with Gasteiger partial charge in [-0.25, -0.2) is 9.97 Å². The highest BCUT2D eigenvalue weighted by Crippen LogP contribution is 2.36. The number of pyridine rings is 2. The second-order valence-electron chi connectivity index (χ2n) is 7.52. The van der Waals surface area contributed by atoms with Gasteiger partial charge in [0, 0.05) is 25.9 Å². The zero-order chi connectivity index (χ0) is 20.7. The highest BCUT2D eigenvalue weighted by atomic mass is 32.1. The summed E-state index contributed by atoms with van der Waals surface area (Å²) in [6.45, 7) is 2.05. The van der Waals surface area contributed by atoms with Crippen molar-refractivity contribution in [2.24, 2.45) is 5.92 Å². The first-order valence-corrected chi connectivity index (χ1v) is 10.7. The molecule has 1 fully saturated rings. The van der Waals surface area contributed by atoms with Crippen LogP contribution in [0.15, 0.2) is 36.7 Å². The van der Waals surface area contributed by atoms with E-state index in [1.54, 1.807) is 35.5 Å². The summed E-state index contributed by atoms with van der Waals surface area (Å²) in [5.41, 5.74) is 1.68. The van der Waals surface area contributed by atoms with Crippen molar-refractivity contribution in [2.45, 2.75) is 19.4 Å². The Morgan fingerprint density at radius 2 is 2.03 bits per heavy atom. The summed E-state index contributed by atoms with van der Waals surface area (Å²) in [4.78, 5) is 29.7. The first-order chi connectivity index (χ1) is 14.6. The fourth-order valence-electron chi connectivity index (χ4n) is 3.91. The Hall–Kier alpha value is -2.91. The molecule has 5 rings (SSSR count). The molecule has 0 bridgehead atoms. The number of hydrogen-bond donors (Lipinski definition) is 1. The average Bonchev–Trinajstić information content (AvgIpc) is 3.33. The molecular formula is C21H20FN5O2S. The van der Waals surface area contributed by atoms with Crippen LogP contribution in [0.25, 0.3) is 10.6 Å². The summed E-state index contributed by atoms with van der Waals surface area (Å²) in [6, 6.07) is 7.10. The van der Waals surface area contributed by atoms with Crippen molar-refractivity contribution in [1.29, 1.82) is 0 Å². The maximum atomic E-state index is 14.8. The Labute approximate surface area is 176 Å². The minimum absolute atomic E-state index is 0.140. The molecule has 0 aliphatic carbocycles. The van der Waals surface area contributed by atoms with E-state index >= 15 is 0 Å². The summed E-state index contributed by atoms with van der Waals surface area (Å²) >= 11 is 1.20. The molecular weight excluding hydrogens is 405 g/mol. The molecule has 1 N–H and O–H groups in total. The highest BCUT2D eigenvalue weighted by molar-refractivity contribution is 7.17. The number of nitrogens with zero attached hydrogens (tertiary/aromatic N) is 5. The zero-order valence-corrected chi connectivity index (χ0v) is 17.0. The number of piperidine rings is 1. The van der Waals surface area contributed by atoms with Crippen molar-refractivity contribution in [3.63, 3.8) is 0 Å². The van der Waals surface area contributed by atoms with E-state index in [9.17, 15) is 14.3 Å². The number of amides is 1. The maximum absolute atomic E-state index is 14.8. The number of rotatable bonds is 4. The molecule has 30 heavy (non-hydrogen) atoms. The van der Waals surface area contributed by atoms with Gasteiger partial charge in [-0.1, -0.05) is 0 Å². The largest absolute Gasteiger partial charge is 0.396 e. The van der Waals surface area contributed by atoms with Crippen molar-refractivity contribution in [2.75, 3.05) is 29.5 Å². The van der Waals surface area contributed by atoms with E-state index in [0.29, 0.717) is 39.4 Å². The Kier molecular flexibility index (Phi) is 4.92. The van der Waals surface area contributed by atoms with Crippen molar-refractivity contribution in [3.8, 4) is 10.6 Å². The monoisotopic (exact) mass is 425 g/mol. The number of anilines is 2. The highest BCUT2D eigenvalue weighted by Gasteiger charge is 2.33. The van der Waals surface area contributed by atoms with Crippen LogP contribution >= 0.6 is 11.3 Å². The smallest absolute Gasteiger partial charge is 0.270 e. The summed E-state index contributed by atoms with van der Waals surface area (Å²) in [5, 5.41) is 9.74. The van der Waals surface area contributed by atoms with Gasteiger partial charge in [0.05, 0.1) is 29.7 Å². The summed E-state index contributed by atoms with van der Waals surface area (Å²) in [5.74, 6) is 0.182. The zero-order valence-electron chi connectivity index (χ0n) is 16.2. The van der Waals surface area contributed by atoms with Gasteiger partial charge < -0.3 is 10.0 Å². The lowest BCUT2D eigenvalue weighted by Gasteiger charge is -2.32. The van der Waals surface area contributed by atoms with Crippen LogP contribution < -0.4 is 9.80 Å². The molecule has 0 radical (unpaired) electrons. The molecule has 0 atom stereocenters. The predicted molar refractivity (Wildman–Crippen MR) is 112 cm³/mol. The molecule has 0 spiro atoms. The van der Waals surface area contributed by atoms with E-state index in [0.717, 1.165) is 31.6 Å². The number of aromatic nitrogens is 3. The third kappa shape index (κ3) is 3.33. The maximum Gasteiger partial charge on any atom is 0.270 e. The number of carbonyl (C=O) groups excluding carboxylic acids is 1. The van der Waals surface area contributed by atoms with Gasteiger partial charge in [0.15, 0.2) is 0 Å². The third-order valence-corrected chi connectivity index (χ3v) is 6.78. The Morgan fingerprint density at radius 1 is 1.20 bits per heavy atom. The van der Waals surface area contributed by atoms with Gasteiger partial charge in [0.25, 0.3) is 5.91 Å². The van der Waals surface area contributed by atoms with Crippen molar-refractivity contribution >= 4 is 28.7 Å². The van der Waals surface area contributed by atoms with Gasteiger partial charge in [-0.2, -0.15) is 4.39 Å². The normalized spacial score (nSPS) is 16.9. The molecule has 3 aromatic heterocycles. The lowest BCUT2D eigenvalue weighted by molar-refractivity contribution is 0.1000. The molecule has 3 aromatic rings. The third-order valence-electron chi connectivity index (χ3n) is 5.66. The van der Waals surface area contributed by atoms with Gasteiger partial charge in [-0.15, -0.1) is 11.3 Å². The number of fused-ring (bicyclic) bond motifs is 1. The van der Waals surface area contributed by atoms with Crippen LogP contribution in [0.5, 0.6) is 0 Å². The van der Waals surface area contributed by atoms with Gasteiger partial charge in [0.1, 0.15) is 15.7 Å². The molecule has 5 heterocycles. The van der Waals surface area contributed by atoms with Crippen LogP contribution in [0.2, 0.25) is 0 Å². The number of thiazole rings is 1. The average molecular weight is 425 g/mol. The summed E-state index contributed by atoms with van der Waals surface area (Å²) in [7, 11) is 0. The molecule has 9 heteroatoms. The van der Waals surface area contributed by atoms with Crippen LogP contribution in [0.4, 0.5) is 15.9 Å². The predicted octanol–water partition coefficient (Wildman–Crippen LogP) is 3.11. The Balaban J connectivity index is 1.36. The van der Waals surface area contributed by atoms with Crippen molar-refractivity contribution in [3.05, 3.63) is 53.2 Å². The molecule has 0 aromatic carbocycles. The van der Waals surface area contributed by atoms with E-state index in [1.165, 1.54) is 11.3 Å². The van der Waals surface area contributed by atoms with Crippen molar-refractivity contribution in [1.82, 2.24) is 15.0 Å². The quantitative estimate of drug-likeness (QED) is 0.647. The molecule has 2 aliphatic heterocycles.